The highest BCUT2D eigenvalue weighted by atomic mass is 19.3. The molecule has 156 valence electrons. The standard InChI is InChI=1S/C20H21F2N7O/c1-12(30)25-17-9-14(26-16-6-7-23-19(28-16)20(2,21)22)13(10-24-17)15-11-29-8-4-3-5-18(29)27-15/h6-7,9-11H,3-5,8H2,1-2H3,(H2,23,24,25,26,28,30). The summed E-state index contributed by atoms with van der Waals surface area (Å²) in [5, 5.41) is 5.68. The predicted octanol–water partition coefficient (Wildman–Crippen LogP) is 3.89. The van der Waals surface area contributed by atoms with E-state index in [2.05, 4.69) is 30.2 Å². The first-order chi connectivity index (χ1) is 14.3. The number of nitrogens with zero attached hydrogens (tertiary/aromatic N) is 5. The molecule has 0 aromatic carbocycles. The van der Waals surface area contributed by atoms with Crippen LogP contribution in [-0.4, -0.2) is 30.4 Å². The third-order valence-electron chi connectivity index (χ3n) is 4.70. The molecule has 4 rings (SSSR count). The number of carbonyl (C=O) groups is 1. The molecule has 10 heteroatoms. The predicted molar refractivity (Wildman–Crippen MR) is 108 cm³/mol. The summed E-state index contributed by atoms with van der Waals surface area (Å²) >= 11 is 0. The quantitative estimate of drug-likeness (QED) is 0.659. The fourth-order valence-electron chi connectivity index (χ4n) is 3.33. The van der Waals surface area contributed by atoms with Gasteiger partial charge in [0.05, 0.1) is 11.4 Å². The van der Waals surface area contributed by atoms with E-state index in [1.54, 1.807) is 12.3 Å². The molecule has 2 N–H and O–H groups in total. The Balaban J connectivity index is 1.74. The molecule has 0 bridgehead atoms. The average Bonchev–Trinajstić information content (AvgIpc) is 3.11. The second-order valence-corrected chi connectivity index (χ2v) is 7.27. The Morgan fingerprint density at radius 1 is 1.20 bits per heavy atom. The number of fused-ring (bicyclic) bond motifs is 1. The van der Waals surface area contributed by atoms with Crippen LogP contribution in [0.1, 0.15) is 38.3 Å². The molecule has 0 unspecified atom stereocenters. The number of anilines is 3. The maximum atomic E-state index is 13.6. The summed E-state index contributed by atoms with van der Waals surface area (Å²) in [5.41, 5.74) is 1.93. The van der Waals surface area contributed by atoms with E-state index >= 15 is 0 Å². The number of nitrogens with one attached hydrogen (secondary N) is 2. The minimum atomic E-state index is -3.16. The van der Waals surface area contributed by atoms with Crippen molar-refractivity contribution in [2.24, 2.45) is 0 Å². The molecule has 0 saturated carbocycles. The second-order valence-electron chi connectivity index (χ2n) is 7.27. The van der Waals surface area contributed by atoms with Gasteiger partial charge in [0.1, 0.15) is 17.5 Å². The Kier molecular flexibility index (Phi) is 5.15. The van der Waals surface area contributed by atoms with E-state index in [1.165, 1.54) is 19.2 Å². The summed E-state index contributed by atoms with van der Waals surface area (Å²) in [6.45, 7) is 3.03. The van der Waals surface area contributed by atoms with Gasteiger partial charge in [-0.15, -0.1) is 0 Å². The zero-order valence-electron chi connectivity index (χ0n) is 16.6. The zero-order valence-corrected chi connectivity index (χ0v) is 16.6. The Hall–Kier alpha value is -3.43. The topological polar surface area (TPSA) is 97.6 Å². The lowest BCUT2D eigenvalue weighted by atomic mass is 10.1. The number of carbonyl (C=O) groups excluding carboxylic acids is 1. The number of aryl methyl sites for hydroxylation is 2. The Bertz CT molecular complexity index is 1070. The van der Waals surface area contributed by atoms with E-state index in [4.69, 9.17) is 4.98 Å². The van der Waals surface area contributed by atoms with Crippen LogP contribution in [0.25, 0.3) is 11.3 Å². The van der Waals surface area contributed by atoms with Crippen molar-refractivity contribution in [3.63, 3.8) is 0 Å². The third kappa shape index (κ3) is 4.27. The first kappa shape index (κ1) is 19.9. The lowest BCUT2D eigenvalue weighted by Crippen LogP contribution is -2.13. The summed E-state index contributed by atoms with van der Waals surface area (Å²) in [4.78, 5) is 28.0. The number of hydrogen-bond donors (Lipinski definition) is 2. The monoisotopic (exact) mass is 413 g/mol. The van der Waals surface area contributed by atoms with Gasteiger partial charge in [-0.2, -0.15) is 8.78 Å². The highest BCUT2D eigenvalue weighted by Gasteiger charge is 2.28. The van der Waals surface area contributed by atoms with E-state index in [-0.39, 0.29) is 11.7 Å². The SMILES string of the molecule is CC(=O)Nc1cc(Nc2ccnc(C(C)(F)F)n2)c(-c2cn3c(n2)CCCC3)cn1. The van der Waals surface area contributed by atoms with Crippen LogP contribution in [0.4, 0.5) is 26.1 Å². The average molecular weight is 413 g/mol. The molecule has 0 atom stereocenters. The molecule has 3 aromatic heterocycles. The first-order valence-corrected chi connectivity index (χ1v) is 9.62. The molecule has 4 heterocycles. The van der Waals surface area contributed by atoms with E-state index < -0.39 is 11.7 Å². The molecule has 0 spiro atoms. The van der Waals surface area contributed by atoms with Gasteiger partial charge in [0.15, 0.2) is 0 Å². The third-order valence-corrected chi connectivity index (χ3v) is 4.70. The van der Waals surface area contributed by atoms with Crippen molar-refractivity contribution in [3.8, 4) is 11.3 Å². The molecule has 1 amide bonds. The van der Waals surface area contributed by atoms with Crippen molar-refractivity contribution in [1.82, 2.24) is 24.5 Å². The highest BCUT2D eigenvalue weighted by molar-refractivity contribution is 5.89. The van der Waals surface area contributed by atoms with Crippen LogP contribution in [0, 0.1) is 0 Å². The summed E-state index contributed by atoms with van der Waals surface area (Å²) < 4.78 is 29.4. The molecule has 0 fully saturated rings. The Labute approximate surface area is 171 Å². The van der Waals surface area contributed by atoms with Crippen molar-refractivity contribution in [3.05, 3.63) is 42.4 Å². The van der Waals surface area contributed by atoms with Crippen LogP contribution in [0.2, 0.25) is 0 Å². The van der Waals surface area contributed by atoms with Gasteiger partial charge < -0.3 is 15.2 Å². The number of imidazole rings is 1. The summed E-state index contributed by atoms with van der Waals surface area (Å²) in [5.74, 6) is -2.48. The van der Waals surface area contributed by atoms with Crippen LogP contribution in [0.5, 0.6) is 0 Å². The molecule has 8 nitrogen and oxygen atoms in total. The van der Waals surface area contributed by atoms with Gasteiger partial charge in [-0.1, -0.05) is 0 Å². The number of rotatable bonds is 5. The summed E-state index contributed by atoms with van der Waals surface area (Å²) in [7, 11) is 0. The number of alkyl halides is 2. The van der Waals surface area contributed by atoms with E-state index in [0.717, 1.165) is 38.6 Å². The minimum absolute atomic E-state index is 0.201. The van der Waals surface area contributed by atoms with Crippen LogP contribution < -0.4 is 10.6 Å². The Morgan fingerprint density at radius 3 is 2.77 bits per heavy atom. The van der Waals surface area contributed by atoms with Crippen LogP contribution in [0.3, 0.4) is 0 Å². The number of hydrogen-bond acceptors (Lipinski definition) is 6. The molecule has 0 saturated heterocycles. The molecule has 1 aliphatic rings. The largest absolute Gasteiger partial charge is 0.339 e. The summed E-state index contributed by atoms with van der Waals surface area (Å²) in [6, 6.07) is 3.12. The van der Waals surface area contributed by atoms with Gasteiger partial charge in [-0.25, -0.2) is 19.9 Å². The van der Waals surface area contributed by atoms with Gasteiger partial charge in [-0.3, -0.25) is 4.79 Å². The number of amides is 1. The van der Waals surface area contributed by atoms with Crippen molar-refractivity contribution in [2.45, 2.75) is 45.6 Å². The van der Waals surface area contributed by atoms with Crippen LogP contribution in [0.15, 0.2) is 30.7 Å². The smallest absolute Gasteiger partial charge is 0.303 e. The van der Waals surface area contributed by atoms with Gasteiger partial charge in [0.25, 0.3) is 0 Å². The van der Waals surface area contributed by atoms with Gasteiger partial charge >= 0.3 is 5.92 Å². The highest BCUT2D eigenvalue weighted by Crippen LogP contribution is 2.32. The Morgan fingerprint density at radius 2 is 2.03 bits per heavy atom. The molecule has 1 aliphatic heterocycles. The molecule has 0 aliphatic carbocycles. The van der Waals surface area contributed by atoms with Crippen LogP contribution in [-0.2, 0) is 23.7 Å². The molecule has 30 heavy (non-hydrogen) atoms. The minimum Gasteiger partial charge on any atom is -0.339 e. The van der Waals surface area contributed by atoms with E-state index in [0.29, 0.717) is 22.8 Å². The summed E-state index contributed by atoms with van der Waals surface area (Å²) in [6.07, 6.45) is 7.92. The van der Waals surface area contributed by atoms with Gasteiger partial charge in [0.2, 0.25) is 11.7 Å². The number of pyridine rings is 1. The molecular weight excluding hydrogens is 392 g/mol. The van der Waals surface area contributed by atoms with Crippen LogP contribution >= 0.6 is 0 Å². The molecular formula is C20H21F2N7O. The second kappa shape index (κ2) is 7.77. The van der Waals surface area contributed by atoms with E-state index in [9.17, 15) is 13.6 Å². The van der Waals surface area contributed by atoms with Crippen molar-refractivity contribution in [2.75, 3.05) is 10.6 Å². The normalized spacial score (nSPS) is 13.6. The number of aromatic nitrogens is 5. The maximum Gasteiger partial charge on any atom is 0.303 e. The molecule has 0 radical (unpaired) electrons. The fraction of sp³-hybridized carbons (Fsp3) is 0.350. The zero-order chi connectivity index (χ0) is 21.3. The fourth-order valence-corrected chi connectivity index (χ4v) is 3.33. The van der Waals surface area contributed by atoms with E-state index in [1.807, 2.05) is 6.20 Å². The van der Waals surface area contributed by atoms with Gasteiger partial charge in [-0.05, 0) is 18.9 Å². The van der Waals surface area contributed by atoms with Crippen molar-refractivity contribution in [1.29, 1.82) is 0 Å². The van der Waals surface area contributed by atoms with Crippen molar-refractivity contribution >= 4 is 23.2 Å². The number of halogens is 2. The lowest BCUT2D eigenvalue weighted by Gasteiger charge is -2.14. The maximum absolute atomic E-state index is 13.6. The van der Waals surface area contributed by atoms with Gasteiger partial charge in [0, 0.05) is 57.0 Å². The van der Waals surface area contributed by atoms with Crippen molar-refractivity contribution < 1.29 is 13.6 Å². The lowest BCUT2D eigenvalue weighted by molar-refractivity contribution is -0.114. The molecule has 3 aromatic rings. The first-order valence-electron chi connectivity index (χ1n) is 9.62.